The molecule has 2 aliphatic rings. The van der Waals surface area contributed by atoms with Gasteiger partial charge < -0.3 is 21.7 Å². The zero-order valence-electron chi connectivity index (χ0n) is 12.4. The van der Waals surface area contributed by atoms with E-state index in [1.54, 1.807) is 0 Å². The van der Waals surface area contributed by atoms with Crippen molar-refractivity contribution in [1.29, 1.82) is 0 Å². The van der Waals surface area contributed by atoms with Crippen LogP contribution in [0.1, 0.15) is 44.9 Å². The summed E-state index contributed by atoms with van der Waals surface area (Å²) < 4.78 is 0. The van der Waals surface area contributed by atoms with Gasteiger partial charge in [0, 0.05) is 19.1 Å². The third-order valence-corrected chi connectivity index (χ3v) is 4.64. The van der Waals surface area contributed by atoms with Crippen LogP contribution in [0, 0.1) is 5.92 Å². The van der Waals surface area contributed by atoms with Gasteiger partial charge in [-0.15, -0.1) is 12.4 Å². The fourth-order valence-corrected chi connectivity index (χ4v) is 3.49. The normalized spacial score (nSPS) is 24.2. The number of carbonyl (C=O) groups is 2. The molecule has 5 N–H and O–H groups in total. The molecule has 1 aliphatic carbocycles. The molecule has 122 valence electrons. The van der Waals surface area contributed by atoms with Crippen molar-refractivity contribution in [2.75, 3.05) is 13.1 Å². The van der Waals surface area contributed by atoms with Crippen LogP contribution in [0.25, 0.3) is 0 Å². The van der Waals surface area contributed by atoms with Crippen LogP contribution in [0.15, 0.2) is 0 Å². The van der Waals surface area contributed by atoms with Crippen LogP contribution >= 0.6 is 12.4 Å². The maximum Gasteiger partial charge on any atom is 0.315 e. The highest BCUT2D eigenvalue weighted by Crippen LogP contribution is 2.26. The summed E-state index contributed by atoms with van der Waals surface area (Å²) in [5.41, 5.74) is 11.1. The van der Waals surface area contributed by atoms with Crippen molar-refractivity contribution in [1.82, 2.24) is 10.2 Å². The first-order valence-electron chi connectivity index (χ1n) is 7.70. The number of halogens is 1. The van der Waals surface area contributed by atoms with Crippen molar-refractivity contribution < 1.29 is 9.59 Å². The highest BCUT2D eigenvalue weighted by molar-refractivity contribution is 5.87. The molecule has 2 atom stereocenters. The van der Waals surface area contributed by atoms with Crippen LogP contribution in [0.4, 0.5) is 4.79 Å². The van der Waals surface area contributed by atoms with Crippen LogP contribution in [0.3, 0.4) is 0 Å². The van der Waals surface area contributed by atoms with E-state index in [0.717, 1.165) is 19.3 Å². The Balaban J connectivity index is 0.00000220. The van der Waals surface area contributed by atoms with Crippen LogP contribution in [-0.4, -0.2) is 42.0 Å². The second kappa shape index (κ2) is 8.44. The standard InChI is InChI=1S/C14H26N4O2.ClH/c15-9-11(10-5-2-1-3-6-10)17-13(19)12-7-4-8-18(12)14(16)20;/h10-12H,1-9,15H2,(H2,16,20)(H,17,19);1H/t11?,12-;/m0./s1. The van der Waals surface area contributed by atoms with Crippen LogP contribution in [0.2, 0.25) is 0 Å². The van der Waals surface area contributed by atoms with Gasteiger partial charge in [0.2, 0.25) is 5.91 Å². The number of nitrogens with two attached hydrogens (primary N) is 2. The van der Waals surface area contributed by atoms with Crippen LogP contribution in [0.5, 0.6) is 0 Å². The Hall–Kier alpha value is -1.01. The molecule has 0 aromatic carbocycles. The Bertz CT molecular complexity index is 361. The highest BCUT2D eigenvalue weighted by Gasteiger charge is 2.34. The number of primary amides is 1. The molecule has 1 unspecified atom stereocenters. The summed E-state index contributed by atoms with van der Waals surface area (Å²) in [6.07, 6.45) is 7.49. The number of nitrogens with zero attached hydrogens (tertiary/aromatic N) is 1. The van der Waals surface area contributed by atoms with E-state index in [0.29, 0.717) is 25.4 Å². The molecule has 0 aromatic heterocycles. The van der Waals surface area contributed by atoms with Gasteiger partial charge in [-0.3, -0.25) is 4.79 Å². The molecule has 0 radical (unpaired) electrons. The Labute approximate surface area is 132 Å². The summed E-state index contributed by atoms with van der Waals surface area (Å²) in [5, 5.41) is 3.05. The fraction of sp³-hybridized carbons (Fsp3) is 0.857. The molecule has 6 nitrogen and oxygen atoms in total. The predicted molar refractivity (Wildman–Crippen MR) is 84.1 cm³/mol. The van der Waals surface area contributed by atoms with Gasteiger partial charge in [-0.1, -0.05) is 19.3 Å². The van der Waals surface area contributed by atoms with Gasteiger partial charge in [-0.2, -0.15) is 0 Å². The molecule has 1 aliphatic heterocycles. The lowest BCUT2D eigenvalue weighted by molar-refractivity contribution is -0.125. The van der Waals surface area contributed by atoms with E-state index in [9.17, 15) is 9.59 Å². The molecule has 0 aromatic rings. The monoisotopic (exact) mass is 318 g/mol. The number of rotatable bonds is 4. The molecule has 3 amide bonds. The Morgan fingerprint density at radius 3 is 2.38 bits per heavy atom. The number of urea groups is 1. The summed E-state index contributed by atoms with van der Waals surface area (Å²) in [4.78, 5) is 25.1. The average molecular weight is 319 g/mol. The number of hydrogen-bond donors (Lipinski definition) is 3. The number of carbonyl (C=O) groups excluding carboxylic acids is 2. The molecule has 0 spiro atoms. The molecule has 0 bridgehead atoms. The lowest BCUT2D eigenvalue weighted by Crippen LogP contribution is -2.53. The smallest absolute Gasteiger partial charge is 0.315 e. The summed E-state index contributed by atoms with van der Waals surface area (Å²) in [6, 6.07) is -0.895. The summed E-state index contributed by atoms with van der Waals surface area (Å²) in [7, 11) is 0. The van der Waals surface area contributed by atoms with Gasteiger partial charge in [0.1, 0.15) is 6.04 Å². The predicted octanol–water partition coefficient (Wildman–Crippen LogP) is 0.975. The molecule has 1 heterocycles. The SMILES string of the molecule is Cl.NCC(NC(=O)[C@@H]1CCCN1C(N)=O)C1CCCCC1. The molecular weight excluding hydrogens is 292 g/mol. The van der Waals surface area contributed by atoms with E-state index >= 15 is 0 Å². The fourth-order valence-electron chi connectivity index (χ4n) is 3.49. The zero-order valence-corrected chi connectivity index (χ0v) is 13.2. The Morgan fingerprint density at radius 2 is 1.81 bits per heavy atom. The number of hydrogen-bond acceptors (Lipinski definition) is 3. The topological polar surface area (TPSA) is 101 Å². The van der Waals surface area contributed by atoms with Crippen molar-refractivity contribution in [3.63, 3.8) is 0 Å². The summed E-state index contributed by atoms with van der Waals surface area (Å²) in [6.45, 7) is 1.03. The Morgan fingerprint density at radius 1 is 1.14 bits per heavy atom. The first-order chi connectivity index (χ1) is 9.63. The first kappa shape index (κ1) is 18.0. The minimum absolute atomic E-state index is 0. The molecule has 21 heavy (non-hydrogen) atoms. The van der Waals surface area contributed by atoms with Gasteiger partial charge in [-0.25, -0.2) is 4.79 Å². The molecule has 2 rings (SSSR count). The van der Waals surface area contributed by atoms with E-state index in [2.05, 4.69) is 5.32 Å². The summed E-state index contributed by atoms with van der Waals surface area (Å²) >= 11 is 0. The first-order valence-corrected chi connectivity index (χ1v) is 7.70. The Kier molecular flexibility index (Phi) is 7.25. The molecule has 1 saturated carbocycles. The van der Waals surface area contributed by atoms with Crippen LogP contribution in [-0.2, 0) is 4.79 Å². The largest absolute Gasteiger partial charge is 0.351 e. The quantitative estimate of drug-likeness (QED) is 0.720. The van der Waals surface area contributed by atoms with E-state index in [1.807, 2.05) is 0 Å². The van der Waals surface area contributed by atoms with E-state index in [1.165, 1.54) is 24.2 Å². The maximum absolute atomic E-state index is 12.4. The van der Waals surface area contributed by atoms with Crippen molar-refractivity contribution in [2.45, 2.75) is 57.0 Å². The minimum Gasteiger partial charge on any atom is -0.351 e. The second-order valence-corrected chi connectivity index (χ2v) is 5.94. The third-order valence-electron chi connectivity index (χ3n) is 4.64. The van der Waals surface area contributed by atoms with E-state index in [-0.39, 0.29) is 24.4 Å². The minimum atomic E-state index is -0.510. The maximum atomic E-state index is 12.4. The van der Waals surface area contributed by atoms with Gasteiger partial charge in [0.25, 0.3) is 0 Å². The molecular formula is C14H27ClN4O2. The van der Waals surface area contributed by atoms with Crippen LogP contribution < -0.4 is 16.8 Å². The van der Waals surface area contributed by atoms with E-state index in [4.69, 9.17) is 11.5 Å². The average Bonchev–Trinajstić information content (AvgIpc) is 2.95. The lowest BCUT2D eigenvalue weighted by atomic mass is 9.84. The number of amides is 3. The van der Waals surface area contributed by atoms with Crippen molar-refractivity contribution in [2.24, 2.45) is 17.4 Å². The van der Waals surface area contributed by atoms with Gasteiger partial charge in [-0.05, 0) is 31.6 Å². The summed E-state index contributed by atoms with van der Waals surface area (Å²) in [5.74, 6) is 0.378. The second-order valence-electron chi connectivity index (χ2n) is 5.94. The van der Waals surface area contributed by atoms with Gasteiger partial charge in [0.05, 0.1) is 0 Å². The third kappa shape index (κ3) is 4.48. The number of nitrogens with one attached hydrogen (secondary N) is 1. The number of likely N-dealkylation sites (tertiary alicyclic amines) is 1. The van der Waals surface area contributed by atoms with Crippen molar-refractivity contribution >= 4 is 24.3 Å². The molecule has 7 heteroatoms. The van der Waals surface area contributed by atoms with Gasteiger partial charge >= 0.3 is 6.03 Å². The van der Waals surface area contributed by atoms with Gasteiger partial charge in [0.15, 0.2) is 0 Å². The highest BCUT2D eigenvalue weighted by atomic mass is 35.5. The van der Waals surface area contributed by atoms with Crippen molar-refractivity contribution in [3.05, 3.63) is 0 Å². The molecule has 1 saturated heterocycles. The lowest BCUT2D eigenvalue weighted by Gasteiger charge is -2.32. The van der Waals surface area contributed by atoms with E-state index < -0.39 is 12.1 Å². The van der Waals surface area contributed by atoms with Crippen molar-refractivity contribution in [3.8, 4) is 0 Å². The molecule has 2 fully saturated rings. The zero-order chi connectivity index (χ0) is 14.5.